The molecule has 0 saturated heterocycles. The normalized spacial score (nSPS) is 11.5. The van der Waals surface area contributed by atoms with Crippen LogP contribution in [0.5, 0.6) is 0 Å². The third-order valence-electron chi connectivity index (χ3n) is 2.96. The van der Waals surface area contributed by atoms with E-state index in [-0.39, 0.29) is 0 Å². The molecule has 4 heterocycles. The van der Waals surface area contributed by atoms with Crippen molar-refractivity contribution in [3.63, 3.8) is 0 Å². The number of aromatic nitrogens is 4. The fourth-order valence-corrected chi connectivity index (χ4v) is 2.26. The fraction of sp³-hybridized carbons (Fsp3) is 0. The molecule has 4 aromatic heterocycles. The summed E-state index contributed by atoms with van der Waals surface area (Å²) in [6.07, 6.45) is 7.21. The molecule has 0 spiro atoms. The smallest absolute Gasteiger partial charge is 0.163 e. The van der Waals surface area contributed by atoms with Crippen LogP contribution in [0.1, 0.15) is 0 Å². The molecule has 0 aliphatic rings. The number of rotatable bonds is 0. The molecule has 17 heavy (non-hydrogen) atoms. The van der Waals surface area contributed by atoms with Gasteiger partial charge in [-0.1, -0.05) is 0 Å². The third kappa shape index (κ3) is 1.04. The van der Waals surface area contributed by atoms with E-state index in [4.69, 9.17) is 0 Å². The number of nitrogens with zero attached hydrogens (tertiary/aromatic N) is 4. The molecule has 0 amide bonds. The van der Waals surface area contributed by atoms with Gasteiger partial charge in [0.2, 0.25) is 0 Å². The van der Waals surface area contributed by atoms with Crippen LogP contribution < -0.4 is 0 Å². The van der Waals surface area contributed by atoms with Crippen LogP contribution >= 0.6 is 0 Å². The van der Waals surface area contributed by atoms with Crippen molar-refractivity contribution in [2.75, 3.05) is 0 Å². The summed E-state index contributed by atoms with van der Waals surface area (Å²) in [4.78, 5) is 13.3. The first kappa shape index (κ1) is 8.64. The SMILES string of the molecule is c1cnc2c(c1)c1nccnc1n1cccc21. The Kier molecular flexibility index (Phi) is 1.53. The van der Waals surface area contributed by atoms with E-state index in [2.05, 4.69) is 15.0 Å². The lowest BCUT2D eigenvalue weighted by Crippen LogP contribution is -1.94. The standard InChI is InChI=1S/C13H8N4/c1-3-9-11(14-5-1)10-4-2-8-17(10)13-12(9)15-6-7-16-13/h1-8H. The molecule has 4 heteroatoms. The zero-order chi connectivity index (χ0) is 11.2. The predicted molar refractivity (Wildman–Crippen MR) is 65.8 cm³/mol. The number of hydrogen-bond donors (Lipinski definition) is 0. The van der Waals surface area contributed by atoms with E-state index < -0.39 is 0 Å². The molecule has 0 unspecified atom stereocenters. The van der Waals surface area contributed by atoms with Gasteiger partial charge in [-0.15, -0.1) is 0 Å². The third-order valence-corrected chi connectivity index (χ3v) is 2.96. The summed E-state index contributed by atoms with van der Waals surface area (Å²) in [6.45, 7) is 0. The molecule has 0 radical (unpaired) electrons. The molecule has 0 aliphatic heterocycles. The lowest BCUT2D eigenvalue weighted by molar-refractivity contribution is 1.17. The van der Waals surface area contributed by atoms with E-state index in [1.54, 1.807) is 18.6 Å². The van der Waals surface area contributed by atoms with E-state index in [0.717, 1.165) is 27.6 Å². The first-order valence-corrected chi connectivity index (χ1v) is 5.39. The van der Waals surface area contributed by atoms with Gasteiger partial charge in [-0.2, -0.15) is 0 Å². The van der Waals surface area contributed by atoms with Crippen LogP contribution in [0.2, 0.25) is 0 Å². The van der Waals surface area contributed by atoms with Gasteiger partial charge in [0.25, 0.3) is 0 Å². The highest BCUT2D eigenvalue weighted by Gasteiger charge is 2.09. The first-order chi connectivity index (χ1) is 8.45. The lowest BCUT2D eigenvalue weighted by Gasteiger charge is -2.05. The van der Waals surface area contributed by atoms with Crippen LogP contribution in [-0.2, 0) is 0 Å². The molecule has 4 rings (SSSR count). The van der Waals surface area contributed by atoms with Crippen molar-refractivity contribution in [2.45, 2.75) is 0 Å². The Morgan fingerprint density at radius 3 is 2.71 bits per heavy atom. The molecular weight excluding hydrogens is 212 g/mol. The average Bonchev–Trinajstić information content (AvgIpc) is 2.89. The van der Waals surface area contributed by atoms with Gasteiger partial charge in [-0.05, 0) is 24.3 Å². The highest BCUT2D eigenvalue weighted by molar-refractivity contribution is 6.07. The summed E-state index contributed by atoms with van der Waals surface area (Å²) in [5.74, 6) is 0. The monoisotopic (exact) mass is 220 g/mol. The van der Waals surface area contributed by atoms with Crippen LogP contribution in [0, 0.1) is 0 Å². The topological polar surface area (TPSA) is 43.1 Å². The molecule has 0 saturated carbocycles. The van der Waals surface area contributed by atoms with E-state index in [1.165, 1.54) is 0 Å². The summed E-state index contributed by atoms with van der Waals surface area (Å²) in [7, 11) is 0. The Hall–Kier alpha value is -2.49. The second-order valence-electron chi connectivity index (χ2n) is 3.89. The van der Waals surface area contributed by atoms with Gasteiger partial charge in [0.15, 0.2) is 5.65 Å². The Morgan fingerprint density at radius 2 is 1.71 bits per heavy atom. The van der Waals surface area contributed by atoms with Gasteiger partial charge in [0.1, 0.15) is 5.52 Å². The Morgan fingerprint density at radius 1 is 0.824 bits per heavy atom. The van der Waals surface area contributed by atoms with E-state index >= 15 is 0 Å². The summed E-state index contributed by atoms with van der Waals surface area (Å²) in [5.41, 5.74) is 3.78. The van der Waals surface area contributed by atoms with E-state index in [0.29, 0.717) is 0 Å². The molecule has 4 nitrogen and oxygen atoms in total. The maximum atomic E-state index is 4.44. The number of pyridine rings is 2. The number of hydrogen-bond acceptors (Lipinski definition) is 3. The van der Waals surface area contributed by atoms with Crippen molar-refractivity contribution in [2.24, 2.45) is 0 Å². The zero-order valence-corrected chi connectivity index (χ0v) is 8.91. The zero-order valence-electron chi connectivity index (χ0n) is 8.91. The van der Waals surface area contributed by atoms with E-state index in [9.17, 15) is 0 Å². The fourth-order valence-electron chi connectivity index (χ4n) is 2.26. The molecular formula is C13H8N4. The molecule has 0 aromatic carbocycles. The summed E-state index contributed by atoms with van der Waals surface area (Å²) in [5, 5.41) is 1.04. The Balaban J connectivity index is 2.48. The van der Waals surface area contributed by atoms with E-state index in [1.807, 2.05) is 34.9 Å². The molecule has 0 fully saturated rings. The van der Waals surface area contributed by atoms with Crippen molar-refractivity contribution < 1.29 is 0 Å². The predicted octanol–water partition coefficient (Wildman–Crippen LogP) is 2.43. The average molecular weight is 220 g/mol. The van der Waals surface area contributed by atoms with Gasteiger partial charge < -0.3 is 0 Å². The van der Waals surface area contributed by atoms with Crippen molar-refractivity contribution in [1.29, 1.82) is 0 Å². The van der Waals surface area contributed by atoms with Crippen LogP contribution in [0.15, 0.2) is 49.1 Å². The van der Waals surface area contributed by atoms with Crippen LogP contribution in [0.3, 0.4) is 0 Å². The summed E-state index contributed by atoms with van der Waals surface area (Å²) < 4.78 is 2.03. The van der Waals surface area contributed by atoms with Gasteiger partial charge in [0.05, 0.1) is 11.0 Å². The quantitative estimate of drug-likeness (QED) is 0.427. The first-order valence-electron chi connectivity index (χ1n) is 5.39. The molecule has 0 N–H and O–H groups in total. The van der Waals surface area contributed by atoms with Gasteiger partial charge in [0, 0.05) is 30.2 Å². The second-order valence-corrected chi connectivity index (χ2v) is 3.89. The van der Waals surface area contributed by atoms with Crippen LogP contribution in [-0.4, -0.2) is 19.4 Å². The largest absolute Gasteiger partial charge is 0.298 e. The minimum Gasteiger partial charge on any atom is -0.298 e. The van der Waals surface area contributed by atoms with Crippen molar-refractivity contribution >= 4 is 27.6 Å². The van der Waals surface area contributed by atoms with Crippen molar-refractivity contribution in [3.8, 4) is 0 Å². The molecule has 80 valence electrons. The maximum absolute atomic E-state index is 4.44. The summed E-state index contributed by atoms with van der Waals surface area (Å²) >= 11 is 0. The molecule has 0 bridgehead atoms. The highest BCUT2D eigenvalue weighted by Crippen LogP contribution is 2.25. The lowest BCUT2D eigenvalue weighted by atomic mass is 10.2. The maximum Gasteiger partial charge on any atom is 0.163 e. The second kappa shape index (κ2) is 3.01. The minimum absolute atomic E-state index is 0.869. The number of fused-ring (bicyclic) bond motifs is 6. The van der Waals surface area contributed by atoms with Gasteiger partial charge >= 0.3 is 0 Å². The van der Waals surface area contributed by atoms with Crippen molar-refractivity contribution in [3.05, 3.63) is 49.1 Å². The van der Waals surface area contributed by atoms with Gasteiger partial charge in [-0.25, -0.2) is 4.98 Å². The Bertz CT molecular complexity index is 778. The van der Waals surface area contributed by atoms with Crippen LogP contribution in [0.4, 0.5) is 0 Å². The Labute approximate surface area is 96.6 Å². The minimum atomic E-state index is 0.869. The molecule has 4 aromatic rings. The molecule has 0 atom stereocenters. The van der Waals surface area contributed by atoms with Gasteiger partial charge in [-0.3, -0.25) is 14.4 Å². The highest BCUT2D eigenvalue weighted by atomic mass is 15.0. The van der Waals surface area contributed by atoms with Crippen molar-refractivity contribution in [1.82, 2.24) is 19.4 Å². The summed E-state index contributed by atoms with van der Waals surface area (Å²) in [6, 6.07) is 8.00. The van der Waals surface area contributed by atoms with Crippen LogP contribution in [0.25, 0.3) is 27.6 Å². The molecule has 0 aliphatic carbocycles.